The van der Waals surface area contributed by atoms with Crippen molar-refractivity contribution >= 4 is 5.78 Å². The molecule has 0 aliphatic heterocycles. The van der Waals surface area contributed by atoms with Gasteiger partial charge in [-0.3, -0.25) is 4.79 Å². The number of carbonyl (C=O) groups excluding carboxylic acids is 1. The smallest absolute Gasteiger partial charge is 0.187 e. The molecule has 0 heterocycles. The number of hydrogen-bond donors (Lipinski definition) is 0. The number of hydrogen-bond acceptors (Lipinski definition) is 2. The summed E-state index contributed by atoms with van der Waals surface area (Å²) in [6, 6.07) is 0. The summed E-state index contributed by atoms with van der Waals surface area (Å²) < 4.78 is 4.97. The molecule has 0 fully saturated rings. The molecule has 0 spiro atoms. The topological polar surface area (TPSA) is 26.3 Å². The van der Waals surface area contributed by atoms with Gasteiger partial charge >= 0.3 is 0 Å². The van der Waals surface area contributed by atoms with Crippen molar-refractivity contribution in [3.63, 3.8) is 0 Å². The van der Waals surface area contributed by atoms with Crippen LogP contribution < -0.4 is 0 Å². The average molecular weight is 140 g/mol. The van der Waals surface area contributed by atoms with Crippen molar-refractivity contribution in [1.82, 2.24) is 0 Å². The van der Waals surface area contributed by atoms with E-state index in [9.17, 15) is 4.79 Å². The van der Waals surface area contributed by atoms with E-state index in [1.807, 2.05) is 13.8 Å². The molecule has 0 aromatic rings. The Balaban J connectivity index is 2.77. The Hall–Kier alpha value is -0.630. The molecule has 10 heavy (non-hydrogen) atoms. The first-order chi connectivity index (χ1) is 4.66. The van der Waals surface area contributed by atoms with Crippen molar-refractivity contribution in [2.24, 2.45) is 0 Å². The molecule has 2 heteroatoms. The molecule has 1 aliphatic carbocycles. The minimum atomic E-state index is -0.194. The van der Waals surface area contributed by atoms with Gasteiger partial charge in [-0.05, 0) is 19.4 Å². The Labute approximate surface area is 60.9 Å². The molecule has 0 N–H and O–H groups in total. The molecule has 0 aromatic carbocycles. The number of rotatable bonds is 1. The van der Waals surface area contributed by atoms with Crippen molar-refractivity contribution in [2.45, 2.75) is 26.4 Å². The van der Waals surface area contributed by atoms with E-state index in [4.69, 9.17) is 4.74 Å². The van der Waals surface area contributed by atoms with Crippen molar-refractivity contribution in [2.75, 3.05) is 7.11 Å². The summed E-state index contributed by atoms with van der Waals surface area (Å²) in [5.74, 6) is 0.153. The fraction of sp³-hybridized carbons (Fsp3) is 0.625. The minimum absolute atomic E-state index is 0.153. The molecule has 0 unspecified atom stereocenters. The largest absolute Gasteiger partial charge is 0.373 e. The van der Waals surface area contributed by atoms with Gasteiger partial charge in [-0.2, -0.15) is 0 Å². The Bertz CT molecular complexity index is 191. The van der Waals surface area contributed by atoms with Crippen LogP contribution >= 0.6 is 0 Å². The first-order valence-electron chi connectivity index (χ1n) is 3.40. The monoisotopic (exact) mass is 140 g/mol. The SMILES string of the molecule is CO[C@@H]1CC(C)=C(C)C1=O. The number of methoxy groups -OCH3 is 1. The molecule has 0 aromatic heterocycles. The lowest BCUT2D eigenvalue weighted by Crippen LogP contribution is -2.17. The van der Waals surface area contributed by atoms with E-state index in [2.05, 4.69) is 0 Å². The highest BCUT2D eigenvalue weighted by Crippen LogP contribution is 2.23. The van der Waals surface area contributed by atoms with Crippen molar-refractivity contribution < 1.29 is 9.53 Å². The highest BCUT2D eigenvalue weighted by atomic mass is 16.5. The Morgan fingerprint density at radius 3 is 2.30 bits per heavy atom. The standard InChI is InChI=1S/C8H12O2/c1-5-4-7(10-3)8(9)6(5)2/h7H,4H2,1-3H3/t7-/m1/s1. The van der Waals surface area contributed by atoms with Crippen LogP contribution in [0.5, 0.6) is 0 Å². The van der Waals surface area contributed by atoms with Crippen LogP contribution in [-0.4, -0.2) is 19.0 Å². The molecule has 1 rings (SSSR count). The summed E-state index contributed by atoms with van der Waals surface area (Å²) in [5, 5.41) is 0. The maximum atomic E-state index is 11.2. The zero-order chi connectivity index (χ0) is 7.72. The normalized spacial score (nSPS) is 26.3. The second kappa shape index (κ2) is 2.54. The Morgan fingerprint density at radius 1 is 1.50 bits per heavy atom. The van der Waals surface area contributed by atoms with E-state index >= 15 is 0 Å². The lowest BCUT2D eigenvalue weighted by Gasteiger charge is -2.03. The third-order valence-electron chi connectivity index (χ3n) is 2.08. The highest BCUT2D eigenvalue weighted by Gasteiger charge is 2.27. The molecule has 0 radical (unpaired) electrons. The van der Waals surface area contributed by atoms with Gasteiger partial charge in [0.25, 0.3) is 0 Å². The Kier molecular flexibility index (Phi) is 1.90. The first kappa shape index (κ1) is 7.48. The lowest BCUT2D eigenvalue weighted by atomic mass is 10.2. The number of ether oxygens (including phenoxy) is 1. The van der Waals surface area contributed by atoms with E-state index < -0.39 is 0 Å². The molecule has 0 saturated carbocycles. The highest BCUT2D eigenvalue weighted by molar-refractivity contribution is 6.01. The summed E-state index contributed by atoms with van der Waals surface area (Å²) in [6.07, 6.45) is 0.584. The van der Waals surface area contributed by atoms with Gasteiger partial charge in [0.2, 0.25) is 0 Å². The molecule has 0 saturated heterocycles. The van der Waals surface area contributed by atoms with Crippen LogP contribution in [0.4, 0.5) is 0 Å². The van der Waals surface area contributed by atoms with Crippen LogP contribution in [0.15, 0.2) is 11.1 Å². The van der Waals surface area contributed by atoms with Crippen LogP contribution in [0.3, 0.4) is 0 Å². The van der Waals surface area contributed by atoms with E-state index in [0.29, 0.717) is 0 Å². The maximum absolute atomic E-state index is 11.2. The Morgan fingerprint density at radius 2 is 2.10 bits per heavy atom. The van der Waals surface area contributed by atoms with E-state index in [1.165, 1.54) is 0 Å². The van der Waals surface area contributed by atoms with Crippen LogP contribution in [0.1, 0.15) is 20.3 Å². The van der Waals surface area contributed by atoms with Gasteiger partial charge in [0, 0.05) is 13.5 Å². The summed E-state index contributed by atoms with van der Waals surface area (Å²) in [5.41, 5.74) is 2.05. The van der Waals surface area contributed by atoms with Gasteiger partial charge in [-0.25, -0.2) is 0 Å². The molecule has 0 amide bonds. The van der Waals surface area contributed by atoms with Crippen LogP contribution in [0.25, 0.3) is 0 Å². The van der Waals surface area contributed by atoms with Gasteiger partial charge in [-0.1, -0.05) is 5.57 Å². The van der Waals surface area contributed by atoms with Crippen LogP contribution in [0, 0.1) is 0 Å². The van der Waals surface area contributed by atoms with Gasteiger partial charge in [-0.15, -0.1) is 0 Å². The van der Waals surface area contributed by atoms with Gasteiger partial charge in [0.1, 0.15) is 6.10 Å². The van der Waals surface area contributed by atoms with Crippen LogP contribution in [-0.2, 0) is 9.53 Å². The molecule has 2 nitrogen and oxygen atoms in total. The summed E-state index contributed by atoms with van der Waals surface area (Å²) in [4.78, 5) is 11.2. The van der Waals surface area contributed by atoms with E-state index in [-0.39, 0.29) is 11.9 Å². The summed E-state index contributed by atoms with van der Waals surface area (Å²) in [7, 11) is 1.58. The number of ketones is 1. The molecule has 1 atom stereocenters. The zero-order valence-corrected chi connectivity index (χ0v) is 6.60. The van der Waals surface area contributed by atoms with E-state index in [1.54, 1.807) is 7.11 Å². The quantitative estimate of drug-likeness (QED) is 0.549. The number of Topliss-reactive ketones (excluding diaryl/α,β-unsaturated/α-hetero) is 1. The lowest BCUT2D eigenvalue weighted by molar-refractivity contribution is -0.123. The molecular weight excluding hydrogens is 128 g/mol. The summed E-state index contributed by atoms with van der Waals surface area (Å²) in [6.45, 7) is 3.84. The minimum Gasteiger partial charge on any atom is -0.373 e. The third-order valence-corrected chi connectivity index (χ3v) is 2.08. The molecule has 56 valence electrons. The molecular formula is C8H12O2. The first-order valence-corrected chi connectivity index (χ1v) is 3.40. The molecule has 0 bridgehead atoms. The maximum Gasteiger partial charge on any atom is 0.187 e. The fourth-order valence-corrected chi connectivity index (χ4v) is 1.17. The predicted octanol–water partition coefficient (Wildman–Crippen LogP) is 1.31. The van der Waals surface area contributed by atoms with Crippen molar-refractivity contribution in [3.8, 4) is 0 Å². The van der Waals surface area contributed by atoms with Crippen molar-refractivity contribution in [1.29, 1.82) is 0 Å². The predicted molar refractivity (Wildman–Crippen MR) is 38.8 cm³/mol. The van der Waals surface area contributed by atoms with Crippen LogP contribution in [0.2, 0.25) is 0 Å². The van der Waals surface area contributed by atoms with Gasteiger partial charge < -0.3 is 4.74 Å². The van der Waals surface area contributed by atoms with E-state index in [0.717, 1.165) is 17.6 Å². The van der Waals surface area contributed by atoms with Gasteiger partial charge in [0.15, 0.2) is 5.78 Å². The fourth-order valence-electron chi connectivity index (χ4n) is 1.17. The summed E-state index contributed by atoms with van der Waals surface area (Å²) >= 11 is 0. The van der Waals surface area contributed by atoms with Crippen molar-refractivity contribution in [3.05, 3.63) is 11.1 Å². The average Bonchev–Trinajstić information content (AvgIpc) is 2.17. The van der Waals surface area contributed by atoms with Gasteiger partial charge in [0.05, 0.1) is 0 Å². The third kappa shape index (κ3) is 0.991. The second-order valence-corrected chi connectivity index (χ2v) is 2.70. The second-order valence-electron chi connectivity index (χ2n) is 2.70. The zero-order valence-electron chi connectivity index (χ0n) is 6.60. The molecule has 1 aliphatic rings. The number of carbonyl (C=O) groups is 1.